The van der Waals surface area contributed by atoms with Crippen molar-refractivity contribution >= 4 is 40.6 Å². The van der Waals surface area contributed by atoms with Gasteiger partial charge in [0.05, 0.1) is 15.7 Å². The summed E-state index contributed by atoms with van der Waals surface area (Å²) in [7, 11) is 0. The molecule has 0 spiro atoms. The highest BCUT2D eigenvalue weighted by Crippen LogP contribution is 2.29. The number of benzene rings is 2. The van der Waals surface area contributed by atoms with E-state index in [4.69, 9.17) is 23.2 Å². The molecule has 2 aromatic rings. The number of amides is 2. The molecule has 0 radical (unpaired) electrons. The first-order valence-electron chi connectivity index (χ1n) is 5.34. The lowest BCUT2D eigenvalue weighted by atomic mass is 10.3. The molecule has 0 unspecified atom stereocenters. The Bertz CT molecular complexity index is 582. The van der Waals surface area contributed by atoms with E-state index in [2.05, 4.69) is 10.6 Å². The van der Waals surface area contributed by atoms with E-state index in [-0.39, 0.29) is 5.82 Å². The van der Waals surface area contributed by atoms with E-state index in [0.717, 1.165) is 0 Å². The third-order valence-electron chi connectivity index (χ3n) is 2.30. The molecule has 2 aromatic carbocycles. The molecule has 6 heteroatoms. The summed E-state index contributed by atoms with van der Waals surface area (Å²) in [4.78, 5) is 11.7. The van der Waals surface area contributed by atoms with E-state index in [1.807, 2.05) is 0 Å². The number of hydrogen-bond donors (Lipinski definition) is 2. The maximum atomic E-state index is 12.7. The van der Waals surface area contributed by atoms with Crippen molar-refractivity contribution in [2.24, 2.45) is 0 Å². The molecule has 0 aliphatic rings. The first kappa shape index (κ1) is 13.6. The zero-order chi connectivity index (χ0) is 13.8. The average Bonchev–Trinajstić information content (AvgIpc) is 2.37. The minimum absolute atomic E-state index is 0.324. The normalized spacial score (nSPS) is 10.1. The average molecular weight is 299 g/mol. The number of halogens is 3. The van der Waals surface area contributed by atoms with Crippen molar-refractivity contribution in [1.82, 2.24) is 0 Å². The van der Waals surface area contributed by atoms with Gasteiger partial charge < -0.3 is 10.6 Å². The van der Waals surface area contributed by atoms with E-state index in [1.54, 1.807) is 18.2 Å². The van der Waals surface area contributed by atoms with Gasteiger partial charge in [-0.1, -0.05) is 29.3 Å². The molecule has 0 fully saturated rings. The van der Waals surface area contributed by atoms with Crippen molar-refractivity contribution in [2.45, 2.75) is 0 Å². The van der Waals surface area contributed by atoms with Crippen LogP contribution in [0.4, 0.5) is 20.6 Å². The zero-order valence-corrected chi connectivity index (χ0v) is 11.1. The smallest absolute Gasteiger partial charge is 0.308 e. The van der Waals surface area contributed by atoms with Crippen LogP contribution in [0, 0.1) is 5.82 Å². The highest BCUT2D eigenvalue weighted by Gasteiger charge is 2.09. The quantitative estimate of drug-likeness (QED) is 0.823. The summed E-state index contributed by atoms with van der Waals surface area (Å²) < 4.78 is 12.7. The molecule has 0 heterocycles. The fraction of sp³-hybridized carbons (Fsp3) is 0. The maximum Gasteiger partial charge on any atom is 0.323 e. The number of anilines is 2. The number of urea groups is 1. The molecule has 0 saturated heterocycles. The first-order valence-corrected chi connectivity index (χ1v) is 6.09. The van der Waals surface area contributed by atoms with Crippen LogP contribution < -0.4 is 10.6 Å². The molecule has 19 heavy (non-hydrogen) atoms. The van der Waals surface area contributed by atoms with Gasteiger partial charge in [0.15, 0.2) is 0 Å². The Balaban J connectivity index is 2.07. The van der Waals surface area contributed by atoms with Gasteiger partial charge in [0.25, 0.3) is 0 Å². The summed E-state index contributed by atoms with van der Waals surface area (Å²) in [5.41, 5.74) is 0.785. The Hall–Kier alpha value is -1.78. The van der Waals surface area contributed by atoms with Gasteiger partial charge in [0, 0.05) is 5.69 Å². The van der Waals surface area contributed by atoms with Crippen LogP contribution in [0.5, 0.6) is 0 Å². The molecule has 0 bridgehead atoms. The third-order valence-corrected chi connectivity index (χ3v) is 2.93. The van der Waals surface area contributed by atoms with Crippen molar-refractivity contribution in [3.8, 4) is 0 Å². The van der Waals surface area contributed by atoms with Crippen LogP contribution in [-0.2, 0) is 0 Å². The van der Waals surface area contributed by atoms with E-state index < -0.39 is 6.03 Å². The van der Waals surface area contributed by atoms with Crippen LogP contribution in [0.15, 0.2) is 42.5 Å². The van der Waals surface area contributed by atoms with Gasteiger partial charge >= 0.3 is 6.03 Å². The predicted molar refractivity (Wildman–Crippen MR) is 75.5 cm³/mol. The third kappa shape index (κ3) is 3.59. The monoisotopic (exact) mass is 298 g/mol. The van der Waals surface area contributed by atoms with Crippen molar-refractivity contribution in [3.05, 3.63) is 58.3 Å². The number of carbonyl (C=O) groups excluding carboxylic acids is 1. The number of rotatable bonds is 2. The molecule has 98 valence electrons. The second kappa shape index (κ2) is 5.91. The topological polar surface area (TPSA) is 41.1 Å². The van der Waals surface area contributed by atoms with Gasteiger partial charge in [-0.2, -0.15) is 0 Å². The minimum Gasteiger partial charge on any atom is -0.308 e. The fourth-order valence-corrected chi connectivity index (χ4v) is 1.92. The van der Waals surface area contributed by atoms with Gasteiger partial charge in [0.1, 0.15) is 5.82 Å². The van der Waals surface area contributed by atoms with Crippen LogP contribution in [0.3, 0.4) is 0 Å². The summed E-state index contributed by atoms with van der Waals surface area (Å²) >= 11 is 11.8. The van der Waals surface area contributed by atoms with Crippen molar-refractivity contribution in [1.29, 1.82) is 0 Å². The molecule has 0 aliphatic carbocycles. The van der Waals surface area contributed by atoms with E-state index in [1.165, 1.54) is 24.3 Å². The standard InChI is InChI=1S/C13H9Cl2FN2O/c14-10-2-1-3-11(15)12(10)18-13(19)17-9-6-4-8(16)5-7-9/h1-7H,(H2,17,18,19). The Labute approximate surface area is 119 Å². The van der Waals surface area contributed by atoms with Crippen LogP contribution in [0.2, 0.25) is 10.0 Å². The summed E-state index contributed by atoms with van der Waals surface area (Å²) in [5.74, 6) is -0.375. The van der Waals surface area contributed by atoms with E-state index >= 15 is 0 Å². The number of carbonyl (C=O) groups is 1. The lowest BCUT2D eigenvalue weighted by molar-refractivity contribution is 0.262. The molecule has 2 N–H and O–H groups in total. The number of hydrogen-bond acceptors (Lipinski definition) is 1. The molecule has 0 aromatic heterocycles. The molecule has 0 saturated carbocycles. The second-order valence-corrected chi connectivity index (χ2v) is 4.50. The molecule has 2 rings (SSSR count). The molecular formula is C13H9Cl2FN2O. The Morgan fingerprint density at radius 2 is 1.53 bits per heavy atom. The van der Waals surface area contributed by atoms with Crippen LogP contribution in [0.1, 0.15) is 0 Å². The van der Waals surface area contributed by atoms with E-state index in [9.17, 15) is 9.18 Å². The van der Waals surface area contributed by atoms with Crippen molar-refractivity contribution in [2.75, 3.05) is 10.6 Å². The van der Waals surface area contributed by atoms with Gasteiger partial charge in [-0.25, -0.2) is 9.18 Å². The SMILES string of the molecule is O=C(Nc1ccc(F)cc1)Nc1c(Cl)cccc1Cl. The highest BCUT2D eigenvalue weighted by molar-refractivity contribution is 6.39. The molecule has 0 atom stereocenters. The number of para-hydroxylation sites is 1. The van der Waals surface area contributed by atoms with Gasteiger partial charge in [-0.05, 0) is 36.4 Å². The summed E-state index contributed by atoms with van der Waals surface area (Å²) in [6.45, 7) is 0. The van der Waals surface area contributed by atoms with Gasteiger partial charge in [0.2, 0.25) is 0 Å². The minimum atomic E-state index is -0.512. The van der Waals surface area contributed by atoms with E-state index in [0.29, 0.717) is 21.4 Å². The fourth-order valence-electron chi connectivity index (χ4n) is 1.43. The van der Waals surface area contributed by atoms with Crippen molar-refractivity contribution < 1.29 is 9.18 Å². The summed E-state index contributed by atoms with van der Waals surface area (Å²) in [6, 6.07) is 9.78. The van der Waals surface area contributed by atoms with Crippen molar-refractivity contribution in [3.63, 3.8) is 0 Å². The van der Waals surface area contributed by atoms with Crippen LogP contribution in [0.25, 0.3) is 0 Å². The summed E-state index contributed by atoms with van der Waals surface area (Å²) in [5, 5.41) is 5.74. The predicted octanol–water partition coefficient (Wildman–Crippen LogP) is 4.78. The summed E-state index contributed by atoms with van der Waals surface area (Å²) in [6.07, 6.45) is 0. The van der Waals surface area contributed by atoms with Crippen LogP contribution >= 0.6 is 23.2 Å². The zero-order valence-electron chi connectivity index (χ0n) is 9.58. The Kier molecular flexibility index (Phi) is 4.24. The first-order chi connectivity index (χ1) is 9.06. The lowest BCUT2D eigenvalue weighted by Gasteiger charge is -2.10. The van der Waals surface area contributed by atoms with Gasteiger partial charge in [-0.15, -0.1) is 0 Å². The van der Waals surface area contributed by atoms with Crippen LogP contribution in [-0.4, -0.2) is 6.03 Å². The molecular weight excluding hydrogens is 290 g/mol. The Morgan fingerprint density at radius 3 is 2.11 bits per heavy atom. The number of nitrogens with one attached hydrogen (secondary N) is 2. The highest BCUT2D eigenvalue weighted by atomic mass is 35.5. The molecule has 3 nitrogen and oxygen atoms in total. The molecule has 0 aliphatic heterocycles. The lowest BCUT2D eigenvalue weighted by Crippen LogP contribution is -2.19. The largest absolute Gasteiger partial charge is 0.323 e. The maximum absolute atomic E-state index is 12.7. The van der Waals surface area contributed by atoms with Gasteiger partial charge in [-0.3, -0.25) is 0 Å². The molecule has 2 amide bonds. The second-order valence-electron chi connectivity index (χ2n) is 3.68. The Morgan fingerprint density at radius 1 is 0.947 bits per heavy atom.